The predicted molar refractivity (Wildman–Crippen MR) is 94.2 cm³/mol. The first-order valence-electron chi connectivity index (χ1n) is 7.80. The third kappa shape index (κ3) is 4.28. The summed E-state index contributed by atoms with van der Waals surface area (Å²) < 4.78 is 7.36. The van der Waals surface area contributed by atoms with Crippen molar-refractivity contribution < 1.29 is 9.53 Å². The lowest BCUT2D eigenvalue weighted by atomic mass is 10.2. The Hall–Kier alpha value is -1.57. The van der Waals surface area contributed by atoms with Crippen LogP contribution in [0.1, 0.15) is 12.8 Å². The molecule has 0 aliphatic carbocycles. The average Bonchev–Trinajstić information content (AvgIpc) is 3.22. The van der Waals surface area contributed by atoms with E-state index in [4.69, 9.17) is 16.3 Å². The van der Waals surface area contributed by atoms with Crippen molar-refractivity contribution in [2.45, 2.75) is 24.1 Å². The van der Waals surface area contributed by atoms with E-state index in [0.717, 1.165) is 30.8 Å². The molecular weight excluding hydrogens is 348 g/mol. The van der Waals surface area contributed by atoms with Crippen molar-refractivity contribution in [3.63, 3.8) is 0 Å². The highest BCUT2D eigenvalue weighted by atomic mass is 35.5. The second-order valence-corrected chi connectivity index (χ2v) is 6.98. The molecule has 1 N–H and O–H groups in total. The van der Waals surface area contributed by atoms with Crippen LogP contribution in [0.15, 0.2) is 29.4 Å². The summed E-state index contributed by atoms with van der Waals surface area (Å²) in [4.78, 5) is 11.9. The van der Waals surface area contributed by atoms with Crippen LogP contribution in [-0.2, 0) is 16.6 Å². The van der Waals surface area contributed by atoms with Gasteiger partial charge < -0.3 is 14.6 Å². The number of hydrogen-bond donors (Lipinski definition) is 1. The van der Waals surface area contributed by atoms with Gasteiger partial charge in [0.15, 0.2) is 11.0 Å². The highest BCUT2D eigenvalue weighted by Gasteiger charge is 2.17. The Balaban J connectivity index is 1.54. The molecule has 1 aromatic heterocycles. The number of ether oxygens (including phenoxy) is 1. The van der Waals surface area contributed by atoms with Crippen LogP contribution in [-0.4, -0.2) is 45.7 Å². The van der Waals surface area contributed by atoms with Crippen molar-refractivity contribution in [2.75, 3.05) is 18.9 Å². The van der Waals surface area contributed by atoms with Crippen LogP contribution in [0.4, 0.5) is 0 Å². The summed E-state index contributed by atoms with van der Waals surface area (Å²) in [7, 11) is 1.89. The molecule has 1 aliphatic rings. The van der Waals surface area contributed by atoms with Gasteiger partial charge in [0.2, 0.25) is 5.91 Å². The first kappa shape index (κ1) is 17.3. The van der Waals surface area contributed by atoms with Crippen molar-refractivity contribution in [1.29, 1.82) is 0 Å². The van der Waals surface area contributed by atoms with E-state index in [-0.39, 0.29) is 12.0 Å². The molecular formula is C16H19ClN4O2S. The van der Waals surface area contributed by atoms with Crippen molar-refractivity contribution in [3.8, 4) is 11.4 Å². The predicted octanol–water partition coefficient (Wildman–Crippen LogP) is 2.52. The van der Waals surface area contributed by atoms with E-state index in [9.17, 15) is 4.79 Å². The fourth-order valence-electron chi connectivity index (χ4n) is 2.51. The summed E-state index contributed by atoms with van der Waals surface area (Å²) in [5, 5.41) is 12.6. The lowest BCUT2D eigenvalue weighted by molar-refractivity contribution is -0.119. The number of aromatic nitrogens is 3. The van der Waals surface area contributed by atoms with Gasteiger partial charge in [-0.1, -0.05) is 23.4 Å². The number of amides is 1. The lowest BCUT2D eigenvalue weighted by Crippen LogP contribution is -2.32. The summed E-state index contributed by atoms with van der Waals surface area (Å²) >= 11 is 7.27. The molecule has 1 atom stereocenters. The molecule has 3 rings (SSSR count). The van der Waals surface area contributed by atoms with Gasteiger partial charge in [-0.25, -0.2) is 0 Å². The van der Waals surface area contributed by atoms with Gasteiger partial charge in [0.25, 0.3) is 0 Å². The molecule has 2 heterocycles. The van der Waals surface area contributed by atoms with Gasteiger partial charge in [0.1, 0.15) is 0 Å². The summed E-state index contributed by atoms with van der Waals surface area (Å²) in [6.45, 7) is 1.37. The van der Waals surface area contributed by atoms with Crippen LogP contribution in [0, 0.1) is 0 Å². The Bertz CT molecular complexity index is 699. The van der Waals surface area contributed by atoms with Crippen LogP contribution >= 0.6 is 23.4 Å². The van der Waals surface area contributed by atoms with E-state index < -0.39 is 0 Å². The fourth-order valence-corrected chi connectivity index (χ4v) is 3.37. The Morgan fingerprint density at radius 3 is 2.92 bits per heavy atom. The molecule has 2 aromatic rings. The van der Waals surface area contributed by atoms with Gasteiger partial charge in [-0.15, -0.1) is 10.2 Å². The number of halogens is 1. The minimum atomic E-state index is -0.0217. The monoisotopic (exact) mass is 366 g/mol. The number of nitrogens with one attached hydrogen (secondary N) is 1. The molecule has 8 heteroatoms. The maximum absolute atomic E-state index is 11.9. The molecule has 1 aliphatic heterocycles. The van der Waals surface area contributed by atoms with Crippen molar-refractivity contribution in [3.05, 3.63) is 29.3 Å². The number of hydrogen-bond acceptors (Lipinski definition) is 5. The van der Waals surface area contributed by atoms with Crippen molar-refractivity contribution in [1.82, 2.24) is 20.1 Å². The van der Waals surface area contributed by atoms with E-state index in [0.29, 0.717) is 22.5 Å². The van der Waals surface area contributed by atoms with Gasteiger partial charge in [0, 0.05) is 30.8 Å². The van der Waals surface area contributed by atoms with Crippen LogP contribution in [0.3, 0.4) is 0 Å². The second kappa shape index (κ2) is 8.00. The maximum Gasteiger partial charge on any atom is 0.230 e. The normalized spacial score (nSPS) is 17.2. The molecule has 0 radical (unpaired) electrons. The van der Waals surface area contributed by atoms with Crippen LogP contribution < -0.4 is 5.32 Å². The molecule has 0 bridgehead atoms. The zero-order valence-corrected chi connectivity index (χ0v) is 14.9. The van der Waals surface area contributed by atoms with E-state index in [1.807, 2.05) is 35.9 Å². The molecule has 128 valence electrons. The first-order chi connectivity index (χ1) is 11.6. The minimum absolute atomic E-state index is 0.0217. The number of carbonyl (C=O) groups is 1. The Kier molecular flexibility index (Phi) is 5.76. The molecule has 0 spiro atoms. The number of benzene rings is 1. The van der Waals surface area contributed by atoms with Gasteiger partial charge in [-0.2, -0.15) is 0 Å². The molecule has 1 aromatic carbocycles. The number of carbonyl (C=O) groups excluding carboxylic acids is 1. The topological polar surface area (TPSA) is 69.0 Å². The second-order valence-electron chi connectivity index (χ2n) is 5.60. The Morgan fingerprint density at radius 2 is 2.21 bits per heavy atom. The third-order valence-corrected chi connectivity index (χ3v) is 5.09. The number of thioether (sulfide) groups is 1. The van der Waals surface area contributed by atoms with Gasteiger partial charge >= 0.3 is 0 Å². The summed E-state index contributed by atoms with van der Waals surface area (Å²) in [5.74, 6) is 1.03. The summed E-state index contributed by atoms with van der Waals surface area (Å²) in [5.41, 5.74) is 0.934. The number of nitrogens with zero attached hydrogens (tertiary/aromatic N) is 3. The minimum Gasteiger partial charge on any atom is -0.376 e. The van der Waals surface area contributed by atoms with Gasteiger partial charge in [-0.3, -0.25) is 4.79 Å². The van der Waals surface area contributed by atoms with Gasteiger partial charge in [-0.05, 0) is 37.1 Å². The van der Waals surface area contributed by atoms with E-state index in [2.05, 4.69) is 15.5 Å². The van der Waals surface area contributed by atoms with Crippen molar-refractivity contribution in [2.24, 2.45) is 7.05 Å². The molecule has 1 amide bonds. The standard InChI is InChI=1S/C16H19ClN4O2S/c1-21-15(11-4-6-12(17)7-5-11)19-20-16(21)24-10-14(22)18-9-13-3-2-8-23-13/h4-7,13H,2-3,8-10H2,1H3,(H,18,22)/t13-/m0/s1. The molecule has 1 fully saturated rings. The highest BCUT2D eigenvalue weighted by molar-refractivity contribution is 7.99. The molecule has 0 saturated carbocycles. The van der Waals surface area contributed by atoms with E-state index in [1.165, 1.54) is 11.8 Å². The third-order valence-electron chi connectivity index (χ3n) is 3.82. The van der Waals surface area contributed by atoms with Crippen molar-refractivity contribution >= 4 is 29.3 Å². The van der Waals surface area contributed by atoms with Crippen LogP contribution in [0.2, 0.25) is 5.02 Å². The smallest absolute Gasteiger partial charge is 0.230 e. The average molecular weight is 367 g/mol. The largest absolute Gasteiger partial charge is 0.376 e. The summed E-state index contributed by atoms with van der Waals surface area (Å²) in [6, 6.07) is 7.43. The van der Waals surface area contributed by atoms with E-state index in [1.54, 1.807) is 0 Å². The first-order valence-corrected chi connectivity index (χ1v) is 9.16. The van der Waals surface area contributed by atoms with Crippen LogP contribution in [0.5, 0.6) is 0 Å². The zero-order valence-electron chi connectivity index (χ0n) is 13.4. The SMILES string of the molecule is Cn1c(SCC(=O)NC[C@@H]2CCCO2)nnc1-c1ccc(Cl)cc1. The quantitative estimate of drug-likeness (QED) is 0.795. The van der Waals surface area contributed by atoms with E-state index >= 15 is 0 Å². The molecule has 1 saturated heterocycles. The lowest BCUT2D eigenvalue weighted by Gasteiger charge is -2.10. The maximum atomic E-state index is 11.9. The fraction of sp³-hybridized carbons (Fsp3) is 0.438. The molecule has 24 heavy (non-hydrogen) atoms. The van der Waals surface area contributed by atoms with Crippen LogP contribution in [0.25, 0.3) is 11.4 Å². The summed E-state index contributed by atoms with van der Waals surface area (Å²) in [6.07, 6.45) is 2.24. The molecule has 0 unspecified atom stereocenters. The Morgan fingerprint density at radius 1 is 1.42 bits per heavy atom. The van der Waals surface area contributed by atoms with Gasteiger partial charge in [0.05, 0.1) is 11.9 Å². The Labute approximate surface area is 149 Å². The highest BCUT2D eigenvalue weighted by Crippen LogP contribution is 2.23. The zero-order chi connectivity index (χ0) is 16.9. The number of rotatable bonds is 6. The molecule has 6 nitrogen and oxygen atoms in total.